The molecule has 17 heavy (non-hydrogen) atoms. The second kappa shape index (κ2) is 6.69. The first-order valence-corrected chi connectivity index (χ1v) is 7.42. The fourth-order valence-electron chi connectivity index (χ4n) is 3.22. The molecule has 1 heterocycles. The van der Waals surface area contributed by atoms with Crippen LogP contribution in [0.5, 0.6) is 0 Å². The van der Waals surface area contributed by atoms with Crippen molar-refractivity contribution in [3.05, 3.63) is 0 Å². The van der Waals surface area contributed by atoms with Gasteiger partial charge in [0.05, 0.1) is 6.17 Å². The Bertz CT molecular complexity index is 214. The molecule has 2 atom stereocenters. The number of unbranched alkanes of at least 4 members (excludes halogenated alkanes) is 1. The lowest BCUT2D eigenvalue weighted by Crippen LogP contribution is -2.58. The maximum absolute atomic E-state index is 13.9. The third-order valence-corrected chi connectivity index (χ3v) is 4.38. The molecule has 2 N–H and O–H groups in total. The molecule has 0 spiro atoms. The third kappa shape index (κ3) is 3.65. The van der Waals surface area contributed by atoms with Crippen molar-refractivity contribution in [2.75, 3.05) is 13.1 Å². The molecule has 2 rings (SSSR count). The molecule has 1 saturated heterocycles. The molecule has 1 aliphatic carbocycles. The quantitative estimate of drug-likeness (QED) is 0.792. The highest BCUT2D eigenvalue weighted by Crippen LogP contribution is 2.29. The Kier molecular flexibility index (Phi) is 5.23. The molecule has 2 fully saturated rings. The lowest BCUT2D eigenvalue weighted by molar-refractivity contribution is 0.0963. The number of hydrogen-bond donors (Lipinski definition) is 2. The van der Waals surface area contributed by atoms with Crippen molar-refractivity contribution >= 4 is 0 Å². The van der Waals surface area contributed by atoms with Crippen LogP contribution in [-0.4, -0.2) is 25.4 Å². The Labute approximate surface area is 105 Å². The van der Waals surface area contributed by atoms with Crippen molar-refractivity contribution in [2.45, 2.75) is 64.2 Å². The summed E-state index contributed by atoms with van der Waals surface area (Å²) in [4.78, 5) is 0. The third-order valence-electron chi connectivity index (χ3n) is 4.38. The lowest BCUT2D eigenvalue weighted by Gasteiger charge is -2.39. The van der Waals surface area contributed by atoms with E-state index in [0.29, 0.717) is 0 Å². The van der Waals surface area contributed by atoms with Gasteiger partial charge < -0.3 is 10.6 Å². The highest BCUT2D eigenvalue weighted by Gasteiger charge is 2.33. The Balaban J connectivity index is 1.74. The van der Waals surface area contributed by atoms with Crippen LogP contribution in [0.4, 0.5) is 4.39 Å². The molecule has 0 radical (unpaired) electrons. The largest absolute Gasteiger partial charge is 0.301 e. The zero-order chi connectivity index (χ0) is 12.1. The van der Waals surface area contributed by atoms with Crippen molar-refractivity contribution < 1.29 is 4.39 Å². The van der Waals surface area contributed by atoms with Crippen LogP contribution in [0.25, 0.3) is 0 Å². The van der Waals surface area contributed by atoms with Crippen LogP contribution in [0.1, 0.15) is 51.9 Å². The predicted molar refractivity (Wildman–Crippen MR) is 69.7 cm³/mol. The molecule has 1 saturated carbocycles. The number of rotatable bonds is 4. The van der Waals surface area contributed by atoms with Gasteiger partial charge in [-0.25, -0.2) is 4.39 Å². The number of hydrogen-bond acceptors (Lipinski definition) is 2. The van der Waals surface area contributed by atoms with Crippen molar-refractivity contribution in [1.82, 2.24) is 10.6 Å². The molecule has 0 amide bonds. The monoisotopic (exact) mass is 242 g/mol. The number of halogens is 1. The average molecular weight is 242 g/mol. The Morgan fingerprint density at radius 3 is 2.47 bits per heavy atom. The average Bonchev–Trinajstić information content (AvgIpc) is 2.38. The minimum absolute atomic E-state index is 0.205. The van der Waals surface area contributed by atoms with Gasteiger partial charge in [-0.3, -0.25) is 0 Å². The van der Waals surface area contributed by atoms with Gasteiger partial charge in [0.25, 0.3) is 0 Å². The number of nitrogens with one attached hydrogen (secondary N) is 2. The molecule has 100 valence electrons. The van der Waals surface area contributed by atoms with E-state index in [1.807, 2.05) is 0 Å². The molecule has 2 unspecified atom stereocenters. The van der Waals surface area contributed by atoms with Crippen molar-refractivity contribution in [3.63, 3.8) is 0 Å². The lowest BCUT2D eigenvalue weighted by atomic mass is 9.84. The first kappa shape index (κ1) is 13.3. The van der Waals surface area contributed by atoms with Gasteiger partial charge in [0.1, 0.15) is 6.17 Å². The fourth-order valence-corrected chi connectivity index (χ4v) is 3.22. The van der Waals surface area contributed by atoms with Gasteiger partial charge in [0, 0.05) is 19.0 Å². The summed E-state index contributed by atoms with van der Waals surface area (Å²) in [6.07, 6.45) is 7.60. The van der Waals surface area contributed by atoms with E-state index in [9.17, 15) is 4.39 Å². The van der Waals surface area contributed by atoms with Crippen LogP contribution in [0.2, 0.25) is 0 Å². The maximum atomic E-state index is 13.9. The van der Waals surface area contributed by atoms with Crippen LogP contribution >= 0.6 is 0 Å². The molecule has 3 heteroatoms. The van der Waals surface area contributed by atoms with Crippen LogP contribution in [0, 0.1) is 11.8 Å². The summed E-state index contributed by atoms with van der Waals surface area (Å²) in [7, 11) is 0. The summed E-state index contributed by atoms with van der Waals surface area (Å²) in [5.74, 6) is 0.948. The van der Waals surface area contributed by atoms with Gasteiger partial charge in [-0.05, 0) is 25.2 Å². The summed E-state index contributed by atoms with van der Waals surface area (Å²) in [5.41, 5.74) is 0. The molecule has 0 aromatic carbocycles. The zero-order valence-corrected chi connectivity index (χ0v) is 11.1. The van der Waals surface area contributed by atoms with E-state index in [2.05, 4.69) is 17.6 Å². The van der Waals surface area contributed by atoms with Gasteiger partial charge in [-0.15, -0.1) is 0 Å². The summed E-state index contributed by atoms with van der Waals surface area (Å²) >= 11 is 0. The molecule has 0 aromatic rings. The first-order chi connectivity index (χ1) is 8.31. The second-order valence-corrected chi connectivity index (χ2v) is 5.77. The Morgan fingerprint density at radius 1 is 1.12 bits per heavy atom. The predicted octanol–water partition coefficient (Wildman–Crippen LogP) is 2.84. The van der Waals surface area contributed by atoms with Crippen LogP contribution < -0.4 is 10.6 Å². The smallest absolute Gasteiger partial charge is 0.106 e. The number of alkyl halides is 1. The van der Waals surface area contributed by atoms with Crippen LogP contribution in [-0.2, 0) is 0 Å². The fraction of sp³-hybridized carbons (Fsp3) is 1.00. The Hall–Kier alpha value is -0.150. The second-order valence-electron chi connectivity index (χ2n) is 5.77. The van der Waals surface area contributed by atoms with Gasteiger partial charge in [-0.2, -0.15) is 0 Å². The minimum Gasteiger partial charge on any atom is -0.301 e. The van der Waals surface area contributed by atoms with Gasteiger partial charge in [-0.1, -0.05) is 32.6 Å². The minimum atomic E-state index is -0.596. The van der Waals surface area contributed by atoms with Crippen molar-refractivity contribution in [1.29, 1.82) is 0 Å². The van der Waals surface area contributed by atoms with Crippen molar-refractivity contribution in [3.8, 4) is 0 Å². The highest BCUT2D eigenvalue weighted by atomic mass is 19.1. The zero-order valence-electron chi connectivity index (χ0n) is 11.1. The van der Waals surface area contributed by atoms with Crippen LogP contribution in [0.15, 0.2) is 0 Å². The molecule has 2 nitrogen and oxygen atoms in total. The van der Waals surface area contributed by atoms with E-state index in [1.165, 1.54) is 25.7 Å². The Morgan fingerprint density at radius 2 is 1.82 bits per heavy atom. The molecule has 1 aliphatic heterocycles. The summed E-state index contributed by atoms with van der Waals surface area (Å²) in [5, 5.41) is 7.05. The van der Waals surface area contributed by atoms with E-state index in [4.69, 9.17) is 0 Å². The highest BCUT2D eigenvalue weighted by molar-refractivity contribution is 4.87. The van der Waals surface area contributed by atoms with Crippen LogP contribution in [0.3, 0.4) is 0 Å². The molecular weight excluding hydrogens is 215 g/mol. The van der Waals surface area contributed by atoms with E-state index in [0.717, 1.165) is 38.3 Å². The molecule has 2 aliphatic rings. The van der Waals surface area contributed by atoms with Gasteiger partial charge >= 0.3 is 0 Å². The standard InChI is InChI=1S/C14H27FN2/c1-2-3-6-11-9-16-14(17-10-11)12-7-4-5-8-13(12)15/h11-14,16-17H,2-10H2,1H3. The molecule has 0 aromatic heterocycles. The molecule has 0 bridgehead atoms. The van der Waals surface area contributed by atoms with E-state index < -0.39 is 6.17 Å². The summed E-state index contributed by atoms with van der Waals surface area (Å²) in [6, 6.07) is 0. The summed E-state index contributed by atoms with van der Waals surface area (Å²) in [6.45, 7) is 4.38. The van der Waals surface area contributed by atoms with E-state index >= 15 is 0 Å². The summed E-state index contributed by atoms with van der Waals surface area (Å²) < 4.78 is 13.9. The van der Waals surface area contributed by atoms with E-state index in [-0.39, 0.29) is 12.1 Å². The SMILES string of the molecule is CCCCC1CNC(C2CCCCC2F)NC1. The topological polar surface area (TPSA) is 24.1 Å². The first-order valence-electron chi connectivity index (χ1n) is 7.42. The van der Waals surface area contributed by atoms with E-state index in [1.54, 1.807) is 0 Å². The van der Waals surface area contributed by atoms with Crippen molar-refractivity contribution in [2.24, 2.45) is 11.8 Å². The van der Waals surface area contributed by atoms with Gasteiger partial charge in [0.2, 0.25) is 0 Å². The van der Waals surface area contributed by atoms with Gasteiger partial charge in [0.15, 0.2) is 0 Å². The normalized spacial score (nSPS) is 39.2. The molecular formula is C14H27FN2. The maximum Gasteiger partial charge on any atom is 0.106 e.